The van der Waals surface area contributed by atoms with Gasteiger partial charge in [0.2, 0.25) is 5.91 Å². The van der Waals surface area contributed by atoms with Crippen LogP contribution < -0.4 is 0 Å². The minimum atomic E-state index is -0.890. The first-order valence-corrected chi connectivity index (χ1v) is 9.00. The standard InChI is InChI=1S/C17H20ClNO4S/c1-10(2)13-9-23-17(22)19(13)16(21)15(24-11(3)20)14(18)12-7-5-4-6-8-12/h4-8,10,13-15H,9H2,1-3H3/t13-,14-,15-/m1/s1. The lowest BCUT2D eigenvalue weighted by molar-refractivity contribution is -0.129. The van der Waals surface area contributed by atoms with Crippen LogP contribution in [0.4, 0.5) is 4.79 Å². The zero-order valence-corrected chi connectivity index (χ0v) is 15.3. The number of thioether (sulfide) groups is 1. The van der Waals surface area contributed by atoms with E-state index in [2.05, 4.69) is 0 Å². The second-order valence-electron chi connectivity index (χ2n) is 5.94. The summed E-state index contributed by atoms with van der Waals surface area (Å²) in [6.45, 7) is 5.37. The number of amides is 2. The number of benzene rings is 1. The van der Waals surface area contributed by atoms with Crippen LogP contribution >= 0.6 is 23.4 Å². The van der Waals surface area contributed by atoms with E-state index in [0.717, 1.165) is 22.2 Å². The summed E-state index contributed by atoms with van der Waals surface area (Å²) in [4.78, 5) is 37.8. The number of hydrogen-bond donors (Lipinski definition) is 0. The Balaban J connectivity index is 2.31. The van der Waals surface area contributed by atoms with Crippen molar-refractivity contribution in [1.82, 2.24) is 4.90 Å². The highest BCUT2D eigenvalue weighted by molar-refractivity contribution is 8.14. The van der Waals surface area contributed by atoms with Crippen molar-refractivity contribution in [2.24, 2.45) is 5.92 Å². The van der Waals surface area contributed by atoms with Crippen LogP contribution in [0.5, 0.6) is 0 Å². The molecule has 0 radical (unpaired) electrons. The van der Waals surface area contributed by atoms with Crippen LogP contribution in [0.25, 0.3) is 0 Å². The molecule has 0 bridgehead atoms. The first-order valence-electron chi connectivity index (χ1n) is 7.69. The predicted molar refractivity (Wildman–Crippen MR) is 93.9 cm³/mol. The highest BCUT2D eigenvalue weighted by Gasteiger charge is 2.44. The molecule has 1 saturated heterocycles. The van der Waals surface area contributed by atoms with Gasteiger partial charge in [-0.2, -0.15) is 0 Å². The van der Waals surface area contributed by atoms with E-state index in [0.29, 0.717) is 0 Å². The van der Waals surface area contributed by atoms with Gasteiger partial charge in [0.15, 0.2) is 5.12 Å². The van der Waals surface area contributed by atoms with E-state index in [1.807, 2.05) is 32.0 Å². The number of carbonyl (C=O) groups excluding carboxylic acids is 3. The maximum absolute atomic E-state index is 13.0. The molecular formula is C17H20ClNO4S. The Labute approximate surface area is 150 Å². The van der Waals surface area contributed by atoms with Gasteiger partial charge in [0.05, 0.1) is 11.4 Å². The number of nitrogens with zero attached hydrogens (tertiary/aromatic N) is 1. The van der Waals surface area contributed by atoms with Crippen LogP contribution in [0, 0.1) is 5.92 Å². The molecular weight excluding hydrogens is 350 g/mol. The average molecular weight is 370 g/mol. The molecule has 0 aliphatic carbocycles. The van der Waals surface area contributed by atoms with Gasteiger partial charge in [-0.15, -0.1) is 11.6 Å². The first-order chi connectivity index (χ1) is 11.3. The fourth-order valence-corrected chi connectivity index (χ4v) is 3.80. The fraction of sp³-hybridized carbons (Fsp3) is 0.471. The number of carbonyl (C=O) groups is 3. The number of cyclic esters (lactones) is 1. The molecule has 24 heavy (non-hydrogen) atoms. The van der Waals surface area contributed by atoms with Crippen molar-refractivity contribution in [2.45, 2.75) is 37.4 Å². The minimum Gasteiger partial charge on any atom is -0.447 e. The van der Waals surface area contributed by atoms with Gasteiger partial charge in [-0.3, -0.25) is 9.59 Å². The molecule has 3 atom stereocenters. The van der Waals surface area contributed by atoms with E-state index in [9.17, 15) is 14.4 Å². The van der Waals surface area contributed by atoms with E-state index >= 15 is 0 Å². The molecule has 7 heteroatoms. The van der Waals surface area contributed by atoms with Crippen molar-refractivity contribution in [2.75, 3.05) is 6.61 Å². The van der Waals surface area contributed by atoms with Crippen molar-refractivity contribution in [3.8, 4) is 0 Å². The second-order valence-corrected chi connectivity index (χ2v) is 7.73. The Morgan fingerprint density at radius 2 is 1.92 bits per heavy atom. The number of rotatable bonds is 5. The van der Waals surface area contributed by atoms with Gasteiger partial charge in [-0.05, 0) is 11.5 Å². The van der Waals surface area contributed by atoms with Gasteiger partial charge >= 0.3 is 6.09 Å². The number of alkyl halides is 1. The quantitative estimate of drug-likeness (QED) is 0.742. The fourth-order valence-electron chi connectivity index (χ4n) is 2.54. The van der Waals surface area contributed by atoms with Crippen LogP contribution in [0.1, 0.15) is 31.7 Å². The molecule has 0 spiro atoms. The second kappa shape index (κ2) is 8.03. The summed E-state index contributed by atoms with van der Waals surface area (Å²) < 4.78 is 5.03. The lowest BCUT2D eigenvalue weighted by Gasteiger charge is -2.28. The van der Waals surface area contributed by atoms with Gasteiger partial charge in [-0.25, -0.2) is 9.69 Å². The molecule has 0 saturated carbocycles. The molecule has 1 heterocycles. The van der Waals surface area contributed by atoms with Crippen LogP contribution in [-0.4, -0.2) is 39.9 Å². The molecule has 0 unspecified atom stereocenters. The average Bonchev–Trinajstić information content (AvgIpc) is 2.94. The normalized spacial score (nSPS) is 20.0. The Bertz CT molecular complexity index is 622. The summed E-state index contributed by atoms with van der Waals surface area (Å²) >= 11 is 7.34. The van der Waals surface area contributed by atoms with Crippen LogP contribution in [0.15, 0.2) is 30.3 Å². The number of halogens is 1. The van der Waals surface area contributed by atoms with Gasteiger partial charge in [0, 0.05) is 6.92 Å². The van der Waals surface area contributed by atoms with E-state index < -0.39 is 22.6 Å². The lowest BCUT2D eigenvalue weighted by atomic mass is 10.0. The molecule has 1 aromatic rings. The molecule has 0 aromatic heterocycles. The van der Waals surface area contributed by atoms with Gasteiger partial charge < -0.3 is 4.74 Å². The van der Waals surface area contributed by atoms with E-state index in [1.165, 1.54) is 6.92 Å². The van der Waals surface area contributed by atoms with Crippen molar-refractivity contribution in [3.63, 3.8) is 0 Å². The summed E-state index contributed by atoms with van der Waals surface area (Å²) in [7, 11) is 0. The zero-order valence-electron chi connectivity index (χ0n) is 13.8. The molecule has 130 valence electrons. The Kier molecular flexibility index (Phi) is 6.29. The maximum atomic E-state index is 13.0. The largest absolute Gasteiger partial charge is 0.447 e. The first kappa shape index (κ1) is 18.8. The number of imide groups is 1. The van der Waals surface area contributed by atoms with Crippen molar-refractivity contribution in [1.29, 1.82) is 0 Å². The van der Waals surface area contributed by atoms with Crippen LogP contribution in [-0.2, 0) is 14.3 Å². The predicted octanol–water partition coefficient (Wildman–Crippen LogP) is 3.62. The van der Waals surface area contributed by atoms with Crippen molar-refractivity contribution in [3.05, 3.63) is 35.9 Å². The third-order valence-electron chi connectivity index (χ3n) is 3.83. The molecule has 1 aromatic carbocycles. The van der Waals surface area contributed by atoms with E-state index in [-0.39, 0.29) is 23.7 Å². The van der Waals surface area contributed by atoms with E-state index in [1.54, 1.807) is 12.1 Å². The maximum Gasteiger partial charge on any atom is 0.417 e. The molecule has 1 fully saturated rings. The van der Waals surface area contributed by atoms with Crippen LogP contribution in [0.2, 0.25) is 0 Å². The Hall–Kier alpha value is -1.53. The SMILES string of the molecule is CC(=O)S[C@@H](C(=O)N1C(=O)OC[C@@H]1C(C)C)[C@H](Cl)c1ccccc1. The third-order valence-corrected chi connectivity index (χ3v) is 5.55. The van der Waals surface area contributed by atoms with Gasteiger partial charge in [0.1, 0.15) is 11.9 Å². The van der Waals surface area contributed by atoms with E-state index in [4.69, 9.17) is 16.3 Å². The summed E-state index contributed by atoms with van der Waals surface area (Å²) in [5.74, 6) is -0.436. The number of hydrogen-bond acceptors (Lipinski definition) is 5. The monoisotopic (exact) mass is 369 g/mol. The number of ether oxygens (including phenoxy) is 1. The Morgan fingerprint density at radius 3 is 2.46 bits per heavy atom. The molecule has 2 amide bonds. The smallest absolute Gasteiger partial charge is 0.417 e. The summed E-state index contributed by atoms with van der Waals surface area (Å²) in [6.07, 6.45) is -0.676. The summed E-state index contributed by atoms with van der Waals surface area (Å²) in [6, 6.07) is 8.70. The molecule has 5 nitrogen and oxygen atoms in total. The van der Waals surface area contributed by atoms with Gasteiger partial charge in [0.25, 0.3) is 0 Å². The van der Waals surface area contributed by atoms with Crippen molar-refractivity contribution < 1.29 is 19.1 Å². The van der Waals surface area contributed by atoms with Crippen molar-refractivity contribution >= 4 is 40.5 Å². The third kappa shape index (κ3) is 4.11. The minimum absolute atomic E-state index is 0.0499. The molecule has 0 N–H and O–H groups in total. The molecule has 2 rings (SSSR count). The molecule has 1 aliphatic rings. The summed E-state index contributed by atoms with van der Waals surface area (Å²) in [5, 5.41) is -1.85. The highest BCUT2D eigenvalue weighted by atomic mass is 35.5. The van der Waals surface area contributed by atoms with Gasteiger partial charge in [-0.1, -0.05) is 55.9 Å². The lowest BCUT2D eigenvalue weighted by Crippen LogP contribution is -2.47. The zero-order chi connectivity index (χ0) is 17.9. The highest BCUT2D eigenvalue weighted by Crippen LogP contribution is 2.35. The topological polar surface area (TPSA) is 63.7 Å². The Morgan fingerprint density at radius 1 is 1.29 bits per heavy atom. The molecule has 1 aliphatic heterocycles. The van der Waals surface area contributed by atoms with Crippen LogP contribution in [0.3, 0.4) is 0 Å². The summed E-state index contributed by atoms with van der Waals surface area (Å²) in [5.41, 5.74) is 0.722.